The Labute approximate surface area is 122 Å². The summed E-state index contributed by atoms with van der Waals surface area (Å²) in [5.41, 5.74) is 1.01. The number of benzene rings is 2. The maximum Gasteiger partial charge on any atom is 0.149 e. The van der Waals surface area contributed by atoms with Crippen LogP contribution in [-0.2, 0) is 13.2 Å². The molecule has 0 atom stereocenters. The lowest BCUT2D eigenvalue weighted by atomic mass is 10.1. The van der Waals surface area contributed by atoms with Gasteiger partial charge in [0.15, 0.2) is 0 Å². The number of aliphatic hydroxyl groups excluding tert-OH is 1. The standard InChI is InChI=1S/C16H17F2NO2/c1-19(9-11-3-5-13(21-2)6-4-11)16-14(17)7-12(10-20)8-15(16)18/h3-8,20H,9-10H2,1-2H3. The molecule has 0 saturated carbocycles. The molecule has 0 heterocycles. The molecule has 2 rings (SSSR count). The van der Waals surface area contributed by atoms with Gasteiger partial charge in [-0.05, 0) is 35.4 Å². The molecule has 0 aliphatic rings. The molecular formula is C16H17F2NO2. The highest BCUT2D eigenvalue weighted by Gasteiger charge is 2.15. The van der Waals surface area contributed by atoms with Gasteiger partial charge in [-0.3, -0.25) is 0 Å². The number of hydrogen-bond donors (Lipinski definition) is 1. The summed E-state index contributed by atoms with van der Waals surface area (Å²) in [5.74, 6) is -0.642. The number of ether oxygens (including phenoxy) is 1. The predicted molar refractivity (Wildman–Crippen MR) is 77.4 cm³/mol. The first-order chi connectivity index (χ1) is 10.0. The Bertz CT molecular complexity index is 591. The van der Waals surface area contributed by atoms with Crippen molar-refractivity contribution < 1.29 is 18.6 Å². The zero-order chi connectivity index (χ0) is 15.4. The normalized spacial score (nSPS) is 10.5. The molecule has 0 aliphatic carbocycles. The highest BCUT2D eigenvalue weighted by molar-refractivity contribution is 5.50. The second kappa shape index (κ2) is 6.54. The first kappa shape index (κ1) is 15.3. The summed E-state index contributed by atoms with van der Waals surface area (Å²) in [7, 11) is 3.19. The van der Waals surface area contributed by atoms with Gasteiger partial charge in [0, 0.05) is 13.6 Å². The van der Waals surface area contributed by atoms with Crippen molar-refractivity contribution >= 4 is 5.69 Å². The summed E-state index contributed by atoms with van der Waals surface area (Å²) in [4.78, 5) is 1.49. The van der Waals surface area contributed by atoms with Crippen LogP contribution >= 0.6 is 0 Å². The van der Waals surface area contributed by atoms with E-state index in [1.54, 1.807) is 26.3 Å². The summed E-state index contributed by atoms with van der Waals surface area (Å²) in [5, 5.41) is 8.94. The van der Waals surface area contributed by atoms with Crippen LogP contribution in [0.5, 0.6) is 5.75 Å². The average molecular weight is 293 g/mol. The number of rotatable bonds is 5. The van der Waals surface area contributed by atoms with Gasteiger partial charge in [-0.1, -0.05) is 12.1 Å². The second-order valence-electron chi connectivity index (χ2n) is 4.77. The van der Waals surface area contributed by atoms with E-state index in [0.717, 1.165) is 23.4 Å². The zero-order valence-corrected chi connectivity index (χ0v) is 11.9. The molecule has 0 spiro atoms. The van der Waals surface area contributed by atoms with Crippen LogP contribution in [0.2, 0.25) is 0 Å². The van der Waals surface area contributed by atoms with Crippen LogP contribution in [0.1, 0.15) is 11.1 Å². The third-order valence-corrected chi connectivity index (χ3v) is 3.22. The molecule has 5 heteroatoms. The topological polar surface area (TPSA) is 32.7 Å². The first-order valence-electron chi connectivity index (χ1n) is 6.48. The maximum absolute atomic E-state index is 14.0. The van der Waals surface area contributed by atoms with E-state index in [-0.39, 0.29) is 11.3 Å². The largest absolute Gasteiger partial charge is 0.497 e. The van der Waals surface area contributed by atoms with Crippen molar-refractivity contribution in [3.8, 4) is 5.75 Å². The Morgan fingerprint density at radius 2 is 1.62 bits per heavy atom. The van der Waals surface area contributed by atoms with Crippen molar-refractivity contribution in [3.05, 3.63) is 59.2 Å². The quantitative estimate of drug-likeness (QED) is 0.919. The van der Waals surface area contributed by atoms with E-state index in [9.17, 15) is 8.78 Å². The molecular weight excluding hydrogens is 276 g/mol. The van der Waals surface area contributed by atoms with E-state index in [1.807, 2.05) is 12.1 Å². The summed E-state index contributed by atoms with van der Waals surface area (Å²) in [6, 6.07) is 9.56. The van der Waals surface area contributed by atoms with Crippen molar-refractivity contribution in [3.63, 3.8) is 0 Å². The van der Waals surface area contributed by atoms with Gasteiger partial charge in [0.1, 0.15) is 23.1 Å². The van der Waals surface area contributed by atoms with Crippen LogP contribution in [0.25, 0.3) is 0 Å². The number of halogens is 2. The fraction of sp³-hybridized carbons (Fsp3) is 0.250. The zero-order valence-electron chi connectivity index (χ0n) is 11.9. The molecule has 0 amide bonds. The van der Waals surface area contributed by atoms with Gasteiger partial charge in [-0.15, -0.1) is 0 Å². The molecule has 112 valence electrons. The molecule has 3 nitrogen and oxygen atoms in total. The van der Waals surface area contributed by atoms with E-state index >= 15 is 0 Å². The van der Waals surface area contributed by atoms with Gasteiger partial charge >= 0.3 is 0 Å². The van der Waals surface area contributed by atoms with Crippen LogP contribution in [0.3, 0.4) is 0 Å². The van der Waals surface area contributed by atoms with Crippen LogP contribution in [0, 0.1) is 11.6 Å². The van der Waals surface area contributed by atoms with Gasteiger partial charge in [0.05, 0.1) is 13.7 Å². The van der Waals surface area contributed by atoms with Gasteiger partial charge in [-0.2, -0.15) is 0 Å². The lowest BCUT2D eigenvalue weighted by Gasteiger charge is -2.21. The summed E-state index contributed by atoms with van der Waals surface area (Å²) in [6.45, 7) is -0.0351. The van der Waals surface area contributed by atoms with Crippen LogP contribution < -0.4 is 9.64 Å². The number of methoxy groups -OCH3 is 1. The number of hydrogen-bond acceptors (Lipinski definition) is 3. The maximum atomic E-state index is 14.0. The Morgan fingerprint density at radius 1 is 1.05 bits per heavy atom. The van der Waals surface area contributed by atoms with Gasteiger partial charge in [0.25, 0.3) is 0 Å². The summed E-state index contributed by atoms with van der Waals surface area (Å²) < 4.78 is 33.0. The number of aliphatic hydroxyl groups is 1. The molecule has 1 N–H and O–H groups in total. The van der Waals surface area contributed by atoms with Crippen molar-refractivity contribution in [2.75, 3.05) is 19.1 Å². The fourth-order valence-corrected chi connectivity index (χ4v) is 2.16. The first-order valence-corrected chi connectivity index (χ1v) is 6.48. The van der Waals surface area contributed by atoms with Crippen molar-refractivity contribution in [2.24, 2.45) is 0 Å². The minimum atomic E-state index is -0.685. The SMILES string of the molecule is COc1ccc(CN(C)c2c(F)cc(CO)cc2F)cc1. The van der Waals surface area contributed by atoms with Crippen molar-refractivity contribution in [2.45, 2.75) is 13.2 Å². The molecule has 0 fully saturated rings. The molecule has 0 radical (unpaired) electrons. The Morgan fingerprint density at radius 3 is 2.10 bits per heavy atom. The Kier molecular flexibility index (Phi) is 4.75. The minimum Gasteiger partial charge on any atom is -0.497 e. The van der Waals surface area contributed by atoms with E-state index in [1.165, 1.54) is 4.90 Å². The van der Waals surface area contributed by atoms with Gasteiger partial charge < -0.3 is 14.7 Å². The molecule has 21 heavy (non-hydrogen) atoms. The van der Waals surface area contributed by atoms with Crippen LogP contribution in [0.15, 0.2) is 36.4 Å². The molecule has 2 aromatic rings. The van der Waals surface area contributed by atoms with Crippen molar-refractivity contribution in [1.29, 1.82) is 0 Å². The summed E-state index contributed by atoms with van der Waals surface area (Å²) in [6.07, 6.45) is 0. The van der Waals surface area contributed by atoms with E-state index in [4.69, 9.17) is 9.84 Å². The number of nitrogens with zero attached hydrogens (tertiary/aromatic N) is 1. The third kappa shape index (κ3) is 3.49. The fourth-order valence-electron chi connectivity index (χ4n) is 2.16. The monoisotopic (exact) mass is 293 g/mol. The second-order valence-corrected chi connectivity index (χ2v) is 4.77. The molecule has 0 saturated heterocycles. The van der Waals surface area contributed by atoms with Crippen molar-refractivity contribution in [1.82, 2.24) is 0 Å². The minimum absolute atomic E-state index is 0.108. The molecule has 2 aromatic carbocycles. The van der Waals surface area contributed by atoms with E-state index < -0.39 is 18.2 Å². The van der Waals surface area contributed by atoms with E-state index in [2.05, 4.69) is 0 Å². The smallest absolute Gasteiger partial charge is 0.149 e. The lowest BCUT2D eigenvalue weighted by Crippen LogP contribution is -2.19. The molecule has 0 aliphatic heterocycles. The lowest BCUT2D eigenvalue weighted by molar-refractivity contribution is 0.280. The molecule has 0 bridgehead atoms. The Hall–Kier alpha value is -2.14. The molecule has 0 aromatic heterocycles. The average Bonchev–Trinajstić information content (AvgIpc) is 2.47. The van der Waals surface area contributed by atoms with Crippen LogP contribution in [-0.4, -0.2) is 19.3 Å². The van der Waals surface area contributed by atoms with E-state index in [0.29, 0.717) is 6.54 Å². The van der Waals surface area contributed by atoms with Gasteiger partial charge in [0.2, 0.25) is 0 Å². The highest BCUT2D eigenvalue weighted by atomic mass is 19.1. The highest BCUT2D eigenvalue weighted by Crippen LogP contribution is 2.26. The number of anilines is 1. The van der Waals surface area contributed by atoms with Gasteiger partial charge in [-0.25, -0.2) is 8.78 Å². The Balaban J connectivity index is 2.21. The summed E-state index contributed by atoms with van der Waals surface area (Å²) >= 11 is 0. The predicted octanol–water partition coefficient (Wildman–Crippen LogP) is 3.10. The third-order valence-electron chi connectivity index (χ3n) is 3.22. The molecule has 0 unspecified atom stereocenters. The van der Waals surface area contributed by atoms with Crippen LogP contribution in [0.4, 0.5) is 14.5 Å².